The van der Waals surface area contributed by atoms with Gasteiger partial charge in [-0.2, -0.15) is 13.2 Å². The number of halogens is 3. The number of carbonyl (C=O) groups is 1. The van der Waals surface area contributed by atoms with Gasteiger partial charge in [0.25, 0.3) is 0 Å². The van der Waals surface area contributed by atoms with Crippen LogP contribution in [-0.2, 0) is 4.79 Å². The second kappa shape index (κ2) is 6.63. The lowest BCUT2D eigenvalue weighted by Gasteiger charge is -2.23. The summed E-state index contributed by atoms with van der Waals surface area (Å²) in [5.74, 6) is -0.304. The number of hydrogen-bond acceptors (Lipinski definition) is 5. The number of aromatic nitrogens is 3. The first-order chi connectivity index (χ1) is 11.4. The molecule has 1 unspecified atom stereocenters. The standard InChI is InChI=1S/C14H17F3N6O/c15-14(16,17)6-11(24)23-5-1-2-9(7-21-23)22-13-10-3-4-18-12(10)19-8-20-13/h3-4,8-9,21H,1-2,5-7H2,(H2,18,19,20,22). The second-order valence-corrected chi connectivity index (χ2v) is 5.65. The number of fused-ring (bicyclic) bond motifs is 1. The molecular weight excluding hydrogens is 325 g/mol. The number of H-pyrrole nitrogens is 1. The topological polar surface area (TPSA) is 85.9 Å². The van der Waals surface area contributed by atoms with Gasteiger partial charge in [0, 0.05) is 25.3 Å². The highest BCUT2D eigenvalue weighted by Gasteiger charge is 2.34. The molecule has 1 aliphatic heterocycles. The number of nitrogens with one attached hydrogen (secondary N) is 3. The summed E-state index contributed by atoms with van der Waals surface area (Å²) in [7, 11) is 0. The van der Waals surface area contributed by atoms with E-state index in [1.54, 1.807) is 6.20 Å². The van der Waals surface area contributed by atoms with Crippen LogP contribution in [0.15, 0.2) is 18.6 Å². The molecule has 1 fully saturated rings. The lowest BCUT2D eigenvalue weighted by atomic mass is 10.1. The van der Waals surface area contributed by atoms with E-state index in [9.17, 15) is 18.0 Å². The van der Waals surface area contributed by atoms with E-state index in [4.69, 9.17) is 0 Å². The van der Waals surface area contributed by atoms with Gasteiger partial charge in [-0.05, 0) is 18.9 Å². The molecular formula is C14H17F3N6O. The van der Waals surface area contributed by atoms with Crippen LogP contribution in [0.5, 0.6) is 0 Å². The summed E-state index contributed by atoms with van der Waals surface area (Å²) in [6.07, 6.45) is -1.45. The van der Waals surface area contributed by atoms with Crippen LogP contribution in [0.2, 0.25) is 0 Å². The van der Waals surface area contributed by atoms with Gasteiger partial charge in [0.2, 0.25) is 5.91 Å². The van der Waals surface area contributed by atoms with E-state index in [2.05, 4.69) is 25.7 Å². The van der Waals surface area contributed by atoms with Crippen LogP contribution in [0, 0.1) is 0 Å². The van der Waals surface area contributed by atoms with Crippen LogP contribution in [0.1, 0.15) is 19.3 Å². The Hall–Kier alpha value is -2.36. The van der Waals surface area contributed by atoms with E-state index in [0.717, 1.165) is 10.4 Å². The van der Waals surface area contributed by atoms with E-state index in [0.29, 0.717) is 30.9 Å². The molecule has 0 bridgehead atoms. The molecule has 3 heterocycles. The first kappa shape index (κ1) is 16.5. The number of nitrogens with zero attached hydrogens (tertiary/aromatic N) is 3. The molecule has 10 heteroatoms. The van der Waals surface area contributed by atoms with Crippen molar-refractivity contribution >= 4 is 22.8 Å². The molecule has 0 aliphatic carbocycles. The lowest BCUT2D eigenvalue weighted by Crippen LogP contribution is -2.46. The molecule has 130 valence electrons. The van der Waals surface area contributed by atoms with E-state index in [1.165, 1.54) is 6.33 Å². The van der Waals surface area contributed by atoms with Crippen LogP contribution in [0.4, 0.5) is 19.0 Å². The maximum atomic E-state index is 12.3. The summed E-state index contributed by atoms with van der Waals surface area (Å²) < 4.78 is 37.0. The summed E-state index contributed by atoms with van der Waals surface area (Å²) >= 11 is 0. The number of aromatic amines is 1. The van der Waals surface area contributed by atoms with Gasteiger partial charge in [0.15, 0.2) is 0 Å². The highest BCUT2D eigenvalue weighted by atomic mass is 19.4. The van der Waals surface area contributed by atoms with Gasteiger partial charge < -0.3 is 10.3 Å². The zero-order chi connectivity index (χ0) is 17.2. The smallest absolute Gasteiger partial charge is 0.365 e. The Labute approximate surface area is 135 Å². The molecule has 1 amide bonds. The number of hydrogen-bond donors (Lipinski definition) is 3. The third kappa shape index (κ3) is 3.94. The average molecular weight is 342 g/mol. The van der Waals surface area contributed by atoms with Gasteiger partial charge in [-0.1, -0.05) is 0 Å². The number of anilines is 1. The fourth-order valence-corrected chi connectivity index (χ4v) is 2.68. The van der Waals surface area contributed by atoms with E-state index in [-0.39, 0.29) is 12.6 Å². The highest BCUT2D eigenvalue weighted by Crippen LogP contribution is 2.22. The normalized spacial score (nSPS) is 19.3. The summed E-state index contributed by atoms with van der Waals surface area (Å²) in [5.41, 5.74) is 3.49. The predicted octanol–water partition coefficient (Wildman–Crippen LogP) is 1.82. The Morgan fingerprint density at radius 2 is 2.25 bits per heavy atom. The van der Waals surface area contributed by atoms with Crippen molar-refractivity contribution in [3.63, 3.8) is 0 Å². The zero-order valence-corrected chi connectivity index (χ0v) is 12.7. The third-order valence-corrected chi connectivity index (χ3v) is 3.81. The molecule has 3 N–H and O–H groups in total. The van der Waals surface area contributed by atoms with Crippen molar-refractivity contribution in [3.05, 3.63) is 18.6 Å². The van der Waals surface area contributed by atoms with Crippen molar-refractivity contribution in [2.24, 2.45) is 0 Å². The quantitative estimate of drug-likeness (QED) is 0.792. The third-order valence-electron chi connectivity index (χ3n) is 3.81. The molecule has 0 aromatic carbocycles. The Morgan fingerprint density at radius 3 is 3.04 bits per heavy atom. The Morgan fingerprint density at radius 1 is 1.42 bits per heavy atom. The van der Waals surface area contributed by atoms with Crippen LogP contribution < -0.4 is 10.7 Å². The van der Waals surface area contributed by atoms with Crippen molar-refractivity contribution in [3.8, 4) is 0 Å². The molecule has 3 rings (SSSR count). The van der Waals surface area contributed by atoms with Gasteiger partial charge in [0.1, 0.15) is 24.2 Å². The van der Waals surface area contributed by atoms with Crippen LogP contribution in [-0.4, -0.2) is 51.2 Å². The molecule has 0 saturated carbocycles. The molecule has 2 aromatic rings. The molecule has 1 atom stereocenters. The Balaban J connectivity index is 1.62. The SMILES string of the molecule is O=C(CC(F)(F)F)N1CCCC(Nc2ncnc3[nH]ccc23)CN1. The molecule has 0 spiro atoms. The minimum absolute atomic E-state index is 0.0540. The first-order valence-electron chi connectivity index (χ1n) is 7.57. The van der Waals surface area contributed by atoms with Crippen molar-refractivity contribution in [2.45, 2.75) is 31.5 Å². The molecule has 1 aliphatic rings. The van der Waals surface area contributed by atoms with E-state index < -0.39 is 18.5 Å². The van der Waals surface area contributed by atoms with Crippen molar-refractivity contribution in [2.75, 3.05) is 18.4 Å². The summed E-state index contributed by atoms with van der Waals surface area (Å²) in [5, 5.41) is 5.16. The highest BCUT2D eigenvalue weighted by molar-refractivity contribution is 5.86. The Bertz CT molecular complexity index is 716. The molecule has 0 radical (unpaired) electrons. The van der Waals surface area contributed by atoms with Crippen LogP contribution >= 0.6 is 0 Å². The van der Waals surface area contributed by atoms with Crippen LogP contribution in [0.25, 0.3) is 11.0 Å². The van der Waals surface area contributed by atoms with Gasteiger partial charge >= 0.3 is 6.18 Å². The average Bonchev–Trinajstić information content (AvgIpc) is 2.86. The maximum Gasteiger partial charge on any atom is 0.397 e. The van der Waals surface area contributed by atoms with Gasteiger partial charge in [-0.3, -0.25) is 9.80 Å². The Kier molecular flexibility index (Phi) is 4.56. The molecule has 2 aromatic heterocycles. The number of rotatable bonds is 3. The molecule has 1 saturated heterocycles. The molecule has 7 nitrogen and oxygen atoms in total. The minimum Gasteiger partial charge on any atom is -0.365 e. The number of amides is 1. The van der Waals surface area contributed by atoms with Gasteiger partial charge in [0.05, 0.1) is 5.39 Å². The predicted molar refractivity (Wildman–Crippen MR) is 80.9 cm³/mol. The van der Waals surface area contributed by atoms with Crippen molar-refractivity contribution < 1.29 is 18.0 Å². The number of alkyl halides is 3. The number of hydrazine groups is 1. The largest absolute Gasteiger partial charge is 0.397 e. The summed E-state index contributed by atoms with van der Waals surface area (Å²) in [6, 6.07) is 1.79. The molecule has 24 heavy (non-hydrogen) atoms. The van der Waals surface area contributed by atoms with E-state index in [1.807, 2.05) is 6.07 Å². The zero-order valence-electron chi connectivity index (χ0n) is 12.7. The van der Waals surface area contributed by atoms with Crippen molar-refractivity contribution in [1.82, 2.24) is 25.4 Å². The minimum atomic E-state index is -4.50. The van der Waals surface area contributed by atoms with Crippen LogP contribution in [0.3, 0.4) is 0 Å². The fourth-order valence-electron chi connectivity index (χ4n) is 2.68. The maximum absolute atomic E-state index is 12.3. The van der Waals surface area contributed by atoms with Gasteiger partial charge in [-0.15, -0.1) is 0 Å². The monoisotopic (exact) mass is 342 g/mol. The summed E-state index contributed by atoms with van der Waals surface area (Å²) in [4.78, 5) is 23.0. The fraction of sp³-hybridized carbons (Fsp3) is 0.500. The van der Waals surface area contributed by atoms with E-state index >= 15 is 0 Å². The lowest BCUT2D eigenvalue weighted by molar-refractivity contribution is -0.163. The first-order valence-corrected chi connectivity index (χ1v) is 7.57. The van der Waals surface area contributed by atoms with Gasteiger partial charge in [-0.25, -0.2) is 15.4 Å². The second-order valence-electron chi connectivity index (χ2n) is 5.65. The van der Waals surface area contributed by atoms with Crippen molar-refractivity contribution in [1.29, 1.82) is 0 Å². The number of carbonyl (C=O) groups excluding carboxylic acids is 1. The summed E-state index contributed by atoms with van der Waals surface area (Å²) in [6.45, 7) is 0.579.